The van der Waals surface area contributed by atoms with Crippen LogP contribution in [0.3, 0.4) is 0 Å². The summed E-state index contributed by atoms with van der Waals surface area (Å²) in [6.07, 6.45) is 0. The summed E-state index contributed by atoms with van der Waals surface area (Å²) in [5.41, 5.74) is -0.807. The van der Waals surface area contributed by atoms with E-state index in [1.54, 1.807) is 20.8 Å². The molecule has 0 bridgehead atoms. The van der Waals surface area contributed by atoms with Crippen molar-refractivity contribution in [3.8, 4) is 0 Å². The molecule has 1 aromatic carbocycles. The predicted octanol–water partition coefficient (Wildman–Crippen LogP) is -5.11. The molecule has 0 N–H and O–H groups in total. The molecule has 0 aromatic heterocycles. The van der Waals surface area contributed by atoms with Crippen molar-refractivity contribution in [3.63, 3.8) is 0 Å². The molecule has 22 heavy (non-hydrogen) atoms. The van der Waals surface area contributed by atoms with Gasteiger partial charge in [-0.2, -0.15) is 0 Å². The first kappa shape index (κ1) is 24.0. The van der Waals surface area contributed by atoms with Crippen LogP contribution in [0.4, 0.5) is 5.69 Å². The summed E-state index contributed by atoms with van der Waals surface area (Å²) in [5.74, 6) is 0. The smallest absolute Gasteiger partial charge is 0.744 e. The zero-order chi connectivity index (χ0) is 15.5. The normalized spacial score (nSPS) is 16.1. The Labute approximate surface area is 214 Å². The van der Waals surface area contributed by atoms with E-state index in [4.69, 9.17) is 0 Å². The first-order valence-electron chi connectivity index (χ1n) is 5.52. The van der Waals surface area contributed by atoms with Crippen molar-refractivity contribution in [2.75, 3.05) is 0 Å². The number of hydrogen-bond acceptors (Lipinski definition) is 7. The maximum atomic E-state index is 11.3. The van der Waals surface area contributed by atoms with E-state index in [1.807, 2.05) is 0 Å². The Kier molecular flexibility index (Phi) is 8.39. The van der Waals surface area contributed by atoms with Gasteiger partial charge < -0.3 is 9.11 Å². The molecule has 0 spiro atoms. The van der Waals surface area contributed by atoms with Gasteiger partial charge in [-0.05, 0) is 19.1 Å². The first-order valence-corrected chi connectivity index (χ1v) is 8.33. The van der Waals surface area contributed by atoms with Gasteiger partial charge in [0.15, 0.2) is 0 Å². The molecule has 0 saturated carbocycles. The van der Waals surface area contributed by atoms with Crippen LogP contribution in [0.2, 0.25) is 0 Å². The van der Waals surface area contributed by atoms with Crippen LogP contribution in [0.15, 0.2) is 26.9 Å². The molecular formula is C11H11K2NO6S2. The molecule has 1 aliphatic heterocycles. The standard InChI is InChI=1S/C11H13NO6S2.2K/c1-6-11(2,3)9-7(19(13,14)15)4-5-8(10(9)12-6)20(16,17)18;;/h4-5H,1-3H3,(H,13,14,15)(H,16,17,18);;/q;2*+1/p-2. The van der Waals surface area contributed by atoms with Crippen LogP contribution in [0.5, 0.6) is 0 Å². The zero-order valence-corrected chi connectivity index (χ0v) is 20.7. The van der Waals surface area contributed by atoms with Gasteiger partial charge in [0, 0.05) is 16.7 Å². The maximum absolute atomic E-state index is 11.3. The molecule has 0 radical (unpaired) electrons. The maximum Gasteiger partial charge on any atom is 1.00 e. The molecule has 0 atom stereocenters. The third kappa shape index (κ3) is 4.38. The average molecular weight is 396 g/mol. The van der Waals surface area contributed by atoms with Crippen LogP contribution in [-0.4, -0.2) is 31.7 Å². The second-order valence-corrected chi connectivity index (χ2v) is 7.71. The topological polar surface area (TPSA) is 127 Å². The fourth-order valence-electron chi connectivity index (χ4n) is 2.17. The van der Waals surface area contributed by atoms with Crippen molar-refractivity contribution in [1.29, 1.82) is 0 Å². The number of hydrogen-bond donors (Lipinski definition) is 0. The molecule has 110 valence electrons. The molecule has 1 heterocycles. The fourth-order valence-corrected chi connectivity index (χ4v) is 3.62. The van der Waals surface area contributed by atoms with E-state index in [0.29, 0.717) is 5.71 Å². The van der Waals surface area contributed by atoms with E-state index in [0.717, 1.165) is 12.1 Å². The molecule has 0 fully saturated rings. The fraction of sp³-hybridized carbons (Fsp3) is 0.364. The minimum Gasteiger partial charge on any atom is -0.744 e. The van der Waals surface area contributed by atoms with Gasteiger partial charge in [-0.3, -0.25) is 4.99 Å². The molecular weight excluding hydrogens is 384 g/mol. The predicted molar refractivity (Wildman–Crippen MR) is 68.2 cm³/mol. The number of rotatable bonds is 2. The van der Waals surface area contributed by atoms with Gasteiger partial charge in [-0.15, -0.1) is 0 Å². The monoisotopic (exact) mass is 395 g/mol. The van der Waals surface area contributed by atoms with Crippen molar-refractivity contribution < 1.29 is 129 Å². The second kappa shape index (κ2) is 7.70. The van der Waals surface area contributed by atoms with Crippen molar-refractivity contribution >= 4 is 31.6 Å². The van der Waals surface area contributed by atoms with Gasteiger partial charge in [-0.25, -0.2) is 16.8 Å². The van der Waals surface area contributed by atoms with Crippen molar-refractivity contribution in [3.05, 3.63) is 17.7 Å². The van der Waals surface area contributed by atoms with E-state index in [-0.39, 0.29) is 114 Å². The Morgan fingerprint density at radius 2 is 1.36 bits per heavy atom. The molecule has 7 nitrogen and oxygen atoms in total. The summed E-state index contributed by atoms with van der Waals surface area (Å²) in [6.45, 7) is 4.78. The minimum absolute atomic E-state index is 0. The Morgan fingerprint density at radius 3 is 1.77 bits per heavy atom. The molecule has 0 unspecified atom stereocenters. The molecule has 11 heteroatoms. The van der Waals surface area contributed by atoms with Gasteiger partial charge in [-0.1, -0.05) is 13.8 Å². The minimum atomic E-state index is -4.82. The Morgan fingerprint density at radius 1 is 0.955 bits per heavy atom. The van der Waals surface area contributed by atoms with Crippen LogP contribution in [-0.2, 0) is 25.7 Å². The zero-order valence-electron chi connectivity index (χ0n) is 12.9. The molecule has 0 amide bonds. The van der Waals surface area contributed by atoms with Crippen LogP contribution in [0, 0.1) is 0 Å². The number of aliphatic imine (C=N–C) groups is 1. The van der Waals surface area contributed by atoms with Gasteiger partial charge in [0.25, 0.3) is 0 Å². The molecule has 1 aromatic rings. The Hall–Kier alpha value is 1.98. The van der Waals surface area contributed by atoms with Crippen LogP contribution < -0.4 is 103 Å². The van der Waals surface area contributed by atoms with Gasteiger partial charge in [0.05, 0.1) is 15.5 Å². The average Bonchev–Trinajstić information content (AvgIpc) is 2.46. The second-order valence-electron chi connectivity index (χ2n) is 5.02. The van der Waals surface area contributed by atoms with Crippen molar-refractivity contribution in [2.24, 2.45) is 4.99 Å². The SMILES string of the molecule is CC1=Nc2c(S(=O)(=O)[O-])ccc(S(=O)(=O)[O-])c2C1(C)C.[K+].[K+]. The Balaban J connectivity index is 0.00000220. The van der Waals surface area contributed by atoms with Crippen LogP contribution >= 0.6 is 0 Å². The molecule has 0 aliphatic carbocycles. The quantitative estimate of drug-likeness (QED) is 0.364. The molecule has 1 aliphatic rings. The summed E-state index contributed by atoms with van der Waals surface area (Å²) < 4.78 is 67.6. The first-order chi connectivity index (χ1) is 8.87. The van der Waals surface area contributed by atoms with E-state index < -0.39 is 35.4 Å². The van der Waals surface area contributed by atoms with Gasteiger partial charge >= 0.3 is 103 Å². The molecule has 0 saturated heterocycles. The summed E-state index contributed by atoms with van der Waals surface area (Å²) >= 11 is 0. The van der Waals surface area contributed by atoms with E-state index in [2.05, 4.69) is 4.99 Å². The summed E-state index contributed by atoms with van der Waals surface area (Å²) in [7, 11) is -9.62. The summed E-state index contributed by atoms with van der Waals surface area (Å²) in [6, 6.07) is 1.66. The third-order valence-electron chi connectivity index (χ3n) is 3.45. The van der Waals surface area contributed by atoms with E-state index in [1.165, 1.54) is 0 Å². The van der Waals surface area contributed by atoms with Gasteiger partial charge in [0.2, 0.25) is 0 Å². The number of benzene rings is 1. The van der Waals surface area contributed by atoms with Crippen molar-refractivity contribution in [2.45, 2.75) is 36.0 Å². The van der Waals surface area contributed by atoms with E-state index >= 15 is 0 Å². The van der Waals surface area contributed by atoms with Crippen molar-refractivity contribution in [1.82, 2.24) is 0 Å². The Bertz CT molecular complexity index is 844. The number of fused-ring (bicyclic) bond motifs is 1. The third-order valence-corrected chi connectivity index (χ3v) is 5.20. The summed E-state index contributed by atoms with van der Waals surface area (Å²) in [5, 5.41) is 0. The number of nitrogens with zero attached hydrogens (tertiary/aromatic N) is 1. The van der Waals surface area contributed by atoms with E-state index in [9.17, 15) is 25.9 Å². The van der Waals surface area contributed by atoms with Crippen LogP contribution in [0.25, 0.3) is 0 Å². The molecule has 2 rings (SSSR count). The summed E-state index contributed by atoms with van der Waals surface area (Å²) in [4.78, 5) is 2.81. The largest absolute Gasteiger partial charge is 1.00 e. The van der Waals surface area contributed by atoms with Gasteiger partial charge in [0.1, 0.15) is 20.2 Å². The van der Waals surface area contributed by atoms with Crippen LogP contribution in [0.1, 0.15) is 26.3 Å².